The number of hydrogen-bond donors (Lipinski definition) is 3. The highest BCUT2D eigenvalue weighted by Gasteiger charge is 2.01. The number of carboxylic acid groups (broad SMARTS) is 1. The van der Waals surface area contributed by atoms with Crippen LogP contribution in [0, 0.1) is 0 Å². The Morgan fingerprint density at radius 1 is 1.60 bits per heavy atom. The fourth-order valence-electron chi connectivity index (χ4n) is 0.633. The number of aliphatic carboxylic acids is 1. The third-order valence-electron chi connectivity index (χ3n) is 1.27. The van der Waals surface area contributed by atoms with Crippen LogP contribution in [0.3, 0.4) is 0 Å². The summed E-state index contributed by atoms with van der Waals surface area (Å²) in [6.07, 6.45) is 1.50. The van der Waals surface area contributed by atoms with Gasteiger partial charge in [-0.15, -0.1) is 0 Å². The topological polar surface area (TPSA) is 89.3 Å². The Bertz CT molecular complexity index is 106. The van der Waals surface area contributed by atoms with Crippen molar-refractivity contribution < 1.29 is 9.90 Å². The molecule has 0 aromatic carbocycles. The summed E-state index contributed by atoms with van der Waals surface area (Å²) in [5.41, 5.74) is 10.7. The van der Waals surface area contributed by atoms with E-state index in [0.29, 0.717) is 19.4 Å². The van der Waals surface area contributed by atoms with Gasteiger partial charge in [-0.05, 0) is 12.8 Å². The highest BCUT2D eigenvalue weighted by molar-refractivity contribution is 5.66. The van der Waals surface area contributed by atoms with Gasteiger partial charge in [0.25, 0.3) is 0 Å². The van der Waals surface area contributed by atoms with Crippen LogP contribution in [-0.2, 0) is 4.79 Å². The fraction of sp³-hybridized carbons (Fsp3) is 0.833. The lowest BCUT2D eigenvalue weighted by molar-refractivity contribution is -0.137. The monoisotopic (exact) mass is 146 g/mol. The van der Waals surface area contributed by atoms with E-state index in [2.05, 4.69) is 0 Å². The molecular formula is C6H14N2O2. The summed E-state index contributed by atoms with van der Waals surface area (Å²) >= 11 is 0. The first-order valence-corrected chi connectivity index (χ1v) is 3.34. The van der Waals surface area contributed by atoms with Crippen LogP contribution < -0.4 is 11.5 Å². The van der Waals surface area contributed by atoms with Crippen molar-refractivity contribution >= 4 is 5.97 Å². The van der Waals surface area contributed by atoms with Gasteiger partial charge >= 0.3 is 5.97 Å². The lowest BCUT2D eigenvalue weighted by atomic mass is 10.1. The zero-order chi connectivity index (χ0) is 7.98. The van der Waals surface area contributed by atoms with Gasteiger partial charge in [-0.3, -0.25) is 4.79 Å². The minimum Gasteiger partial charge on any atom is -0.481 e. The predicted molar refractivity (Wildman–Crippen MR) is 38.5 cm³/mol. The van der Waals surface area contributed by atoms with E-state index >= 15 is 0 Å². The summed E-state index contributed by atoms with van der Waals surface area (Å²) in [7, 11) is 0. The highest BCUT2D eigenvalue weighted by atomic mass is 16.4. The van der Waals surface area contributed by atoms with Crippen molar-refractivity contribution in [3.63, 3.8) is 0 Å². The molecular weight excluding hydrogens is 132 g/mol. The minimum absolute atomic E-state index is 0.0423. The molecule has 0 aromatic rings. The Hall–Kier alpha value is -0.610. The van der Waals surface area contributed by atoms with E-state index in [1.165, 1.54) is 0 Å². The minimum atomic E-state index is -0.774. The molecule has 0 fully saturated rings. The van der Waals surface area contributed by atoms with Crippen LogP contribution >= 0.6 is 0 Å². The van der Waals surface area contributed by atoms with Crippen LogP contribution in [0.4, 0.5) is 0 Å². The quantitative estimate of drug-likeness (QED) is 0.489. The zero-order valence-corrected chi connectivity index (χ0v) is 5.92. The average molecular weight is 146 g/mol. The largest absolute Gasteiger partial charge is 0.481 e. The Labute approximate surface area is 60.2 Å². The molecule has 0 aliphatic carbocycles. The van der Waals surface area contributed by atoms with E-state index in [0.717, 1.165) is 0 Å². The van der Waals surface area contributed by atoms with Crippen LogP contribution in [0.5, 0.6) is 0 Å². The molecule has 0 saturated carbocycles. The summed E-state index contributed by atoms with van der Waals surface area (Å²) in [6, 6.07) is -0.0423. The lowest BCUT2D eigenvalue weighted by Gasteiger charge is -2.05. The normalized spacial score (nSPS) is 13.0. The van der Waals surface area contributed by atoms with Crippen molar-refractivity contribution in [2.75, 3.05) is 6.54 Å². The first kappa shape index (κ1) is 9.39. The molecule has 0 heterocycles. The van der Waals surface area contributed by atoms with Crippen molar-refractivity contribution in [1.29, 1.82) is 0 Å². The third kappa shape index (κ3) is 5.53. The second-order valence-electron chi connectivity index (χ2n) is 2.28. The summed E-state index contributed by atoms with van der Waals surface area (Å²) in [5, 5.41) is 8.23. The molecule has 5 N–H and O–H groups in total. The first-order valence-electron chi connectivity index (χ1n) is 3.34. The number of rotatable bonds is 5. The van der Waals surface area contributed by atoms with Crippen molar-refractivity contribution in [3.05, 3.63) is 0 Å². The van der Waals surface area contributed by atoms with Gasteiger partial charge in [0.1, 0.15) is 0 Å². The maximum atomic E-state index is 10.00. The third-order valence-corrected chi connectivity index (χ3v) is 1.27. The van der Waals surface area contributed by atoms with Crippen LogP contribution in [0.1, 0.15) is 19.3 Å². The van der Waals surface area contributed by atoms with E-state index in [1.54, 1.807) is 0 Å². The van der Waals surface area contributed by atoms with E-state index in [1.807, 2.05) is 0 Å². The Morgan fingerprint density at radius 2 is 2.20 bits per heavy atom. The molecule has 0 aliphatic heterocycles. The maximum Gasteiger partial charge on any atom is 0.303 e. The second kappa shape index (κ2) is 5.20. The van der Waals surface area contributed by atoms with Gasteiger partial charge in [0.15, 0.2) is 0 Å². The van der Waals surface area contributed by atoms with E-state index < -0.39 is 5.97 Å². The average Bonchev–Trinajstić information content (AvgIpc) is 1.87. The van der Waals surface area contributed by atoms with E-state index in [4.69, 9.17) is 16.6 Å². The smallest absolute Gasteiger partial charge is 0.303 e. The number of hydrogen-bond acceptors (Lipinski definition) is 3. The van der Waals surface area contributed by atoms with Crippen LogP contribution in [0.2, 0.25) is 0 Å². The SMILES string of the molecule is NCC(N)CCCC(=O)O. The van der Waals surface area contributed by atoms with Crippen LogP contribution in [0.15, 0.2) is 0 Å². The lowest BCUT2D eigenvalue weighted by Crippen LogP contribution is -2.29. The second-order valence-corrected chi connectivity index (χ2v) is 2.28. The number of carboxylic acids is 1. The number of nitrogens with two attached hydrogens (primary N) is 2. The molecule has 0 radical (unpaired) electrons. The Morgan fingerprint density at radius 3 is 2.60 bits per heavy atom. The van der Waals surface area contributed by atoms with Crippen LogP contribution in [-0.4, -0.2) is 23.7 Å². The van der Waals surface area contributed by atoms with Gasteiger partial charge in [-0.25, -0.2) is 0 Å². The standard InChI is InChI=1S/C6H14N2O2/c7-4-5(8)2-1-3-6(9)10/h5H,1-4,7-8H2,(H,9,10). The number of carbonyl (C=O) groups is 1. The van der Waals surface area contributed by atoms with E-state index in [9.17, 15) is 4.79 Å². The van der Waals surface area contributed by atoms with Crippen LogP contribution in [0.25, 0.3) is 0 Å². The van der Waals surface area contributed by atoms with Gasteiger partial charge in [-0.1, -0.05) is 0 Å². The molecule has 0 spiro atoms. The molecule has 4 nitrogen and oxygen atoms in total. The Balaban J connectivity index is 3.11. The highest BCUT2D eigenvalue weighted by Crippen LogP contribution is 1.96. The van der Waals surface area contributed by atoms with Crippen molar-refractivity contribution in [1.82, 2.24) is 0 Å². The van der Waals surface area contributed by atoms with Gasteiger partial charge < -0.3 is 16.6 Å². The molecule has 0 aromatic heterocycles. The summed E-state index contributed by atoms with van der Waals surface area (Å²) in [4.78, 5) is 10.00. The zero-order valence-electron chi connectivity index (χ0n) is 5.92. The molecule has 0 aliphatic rings. The van der Waals surface area contributed by atoms with E-state index in [-0.39, 0.29) is 12.5 Å². The molecule has 60 valence electrons. The molecule has 1 unspecified atom stereocenters. The molecule has 0 amide bonds. The fourth-order valence-corrected chi connectivity index (χ4v) is 0.633. The van der Waals surface area contributed by atoms with Gasteiger partial charge in [-0.2, -0.15) is 0 Å². The summed E-state index contributed by atoms with van der Waals surface area (Å²) in [6.45, 7) is 0.430. The molecule has 0 rings (SSSR count). The summed E-state index contributed by atoms with van der Waals surface area (Å²) in [5.74, 6) is -0.774. The molecule has 4 heteroatoms. The molecule has 0 bridgehead atoms. The van der Waals surface area contributed by atoms with Crippen molar-refractivity contribution in [2.24, 2.45) is 11.5 Å². The van der Waals surface area contributed by atoms with Gasteiger partial charge in [0, 0.05) is 19.0 Å². The Kier molecular flexibility index (Phi) is 4.88. The molecule has 0 saturated heterocycles. The first-order chi connectivity index (χ1) is 4.66. The van der Waals surface area contributed by atoms with Gasteiger partial charge in [0.2, 0.25) is 0 Å². The van der Waals surface area contributed by atoms with Crippen molar-refractivity contribution in [3.8, 4) is 0 Å². The van der Waals surface area contributed by atoms with Crippen molar-refractivity contribution in [2.45, 2.75) is 25.3 Å². The predicted octanol–water partition coefficient (Wildman–Crippen LogP) is -0.473. The maximum absolute atomic E-state index is 10.00. The molecule has 10 heavy (non-hydrogen) atoms. The summed E-state index contributed by atoms with van der Waals surface area (Å²) < 4.78 is 0. The molecule has 1 atom stereocenters. The van der Waals surface area contributed by atoms with Gasteiger partial charge in [0.05, 0.1) is 0 Å².